The van der Waals surface area contributed by atoms with Crippen molar-refractivity contribution in [1.82, 2.24) is 0 Å². The third-order valence-electron chi connectivity index (χ3n) is 3.67. The summed E-state index contributed by atoms with van der Waals surface area (Å²) in [4.78, 5) is 0. The van der Waals surface area contributed by atoms with E-state index in [0.29, 0.717) is 12.0 Å². The Morgan fingerprint density at radius 3 is 2.25 bits per heavy atom. The van der Waals surface area contributed by atoms with Gasteiger partial charge in [-0.15, -0.1) is 0 Å². The fourth-order valence-electron chi connectivity index (χ4n) is 2.51. The molecular formula is C18H36O2. The normalized spacial score (nSPS) is 20.6. The van der Waals surface area contributed by atoms with Crippen molar-refractivity contribution in [3.8, 4) is 0 Å². The van der Waals surface area contributed by atoms with Gasteiger partial charge in [-0.05, 0) is 12.8 Å². The molecule has 20 heavy (non-hydrogen) atoms. The van der Waals surface area contributed by atoms with Gasteiger partial charge in [0.2, 0.25) is 0 Å². The van der Waals surface area contributed by atoms with Gasteiger partial charge in [0.15, 0.2) is 0 Å². The fourth-order valence-corrected chi connectivity index (χ4v) is 2.51. The first kappa shape index (κ1) is 21.7. The Kier molecular flexibility index (Phi) is 16.1. The highest BCUT2D eigenvalue weighted by molar-refractivity contribution is 5.26. The maximum Gasteiger partial charge on any atom is 0.0817 e. The van der Waals surface area contributed by atoms with Crippen molar-refractivity contribution in [1.29, 1.82) is 0 Å². The molecule has 2 heteroatoms. The topological polar surface area (TPSA) is 40.7 Å². The molecule has 0 bridgehead atoms. The molecule has 1 unspecified atom stereocenters. The van der Waals surface area contributed by atoms with Crippen LogP contribution >= 0.6 is 0 Å². The van der Waals surface area contributed by atoms with Crippen molar-refractivity contribution in [3.05, 3.63) is 23.8 Å². The number of ether oxygens (including phenoxy) is 1. The Labute approximate surface area is 126 Å². The highest BCUT2D eigenvalue weighted by Crippen LogP contribution is 2.26. The molecule has 0 fully saturated rings. The molecule has 0 saturated carbocycles. The lowest BCUT2D eigenvalue weighted by Gasteiger charge is -2.25. The van der Waals surface area contributed by atoms with Gasteiger partial charge in [-0.2, -0.15) is 0 Å². The molecule has 1 rings (SSSR count). The molecule has 0 spiro atoms. The molecule has 0 aliphatic heterocycles. The molecule has 0 saturated heterocycles. The molecule has 2 nitrogen and oxygen atoms in total. The van der Waals surface area contributed by atoms with Crippen LogP contribution in [0.1, 0.15) is 72.6 Å². The molecule has 0 radical (unpaired) electrons. The van der Waals surface area contributed by atoms with E-state index >= 15 is 0 Å². The summed E-state index contributed by atoms with van der Waals surface area (Å²) in [5.74, 6) is 0.599. The Morgan fingerprint density at radius 1 is 1.05 bits per heavy atom. The van der Waals surface area contributed by atoms with Crippen LogP contribution in [-0.2, 0) is 4.74 Å². The highest BCUT2D eigenvalue weighted by atomic mass is 16.5. The summed E-state index contributed by atoms with van der Waals surface area (Å²) in [7, 11) is 1.82. The Balaban J connectivity index is 0. The summed E-state index contributed by atoms with van der Waals surface area (Å²) >= 11 is 0. The molecule has 1 aliphatic carbocycles. The lowest BCUT2D eigenvalue weighted by Crippen LogP contribution is -2.21. The monoisotopic (exact) mass is 284 g/mol. The number of rotatable bonds is 8. The second kappa shape index (κ2) is 14.8. The summed E-state index contributed by atoms with van der Waals surface area (Å²) in [6.45, 7) is 8.49. The Morgan fingerprint density at radius 2 is 1.70 bits per heavy atom. The van der Waals surface area contributed by atoms with Crippen LogP contribution in [-0.4, -0.2) is 18.7 Å². The standard InChI is InChI=1S/C16H28O.C2H6.H2O/c1-4-6-7-8-9-10-15-13-14(5-2)11-12-16(15)17-3;1-2;/h11-13,15-16H,4-10H2,1-3H3;1-2H3;1H2/t15-,16?;;/m1../s1. The van der Waals surface area contributed by atoms with Crippen molar-refractivity contribution < 1.29 is 10.2 Å². The maximum atomic E-state index is 5.54. The Hall–Kier alpha value is -0.600. The number of hydrogen-bond donors (Lipinski definition) is 0. The number of methoxy groups -OCH3 is 1. The minimum Gasteiger partial charge on any atom is -0.412 e. The second-order valence-corrected chi connectivity index (χ2v) is 5.02. The van der Waals surface area contributed by atoms with E-state index in [0.717, 1.165) is 6.42 Å². The van der Waals surface area contributed by atoms with Crippen molar-refractivity contribution in [3.63, 3.8) is 0 Å². The fraction of sp³-hybridized carbons (Fsp3) is 0.778. The van der Waals surface area contributed by atoms with Crippen molar-refractivity contribution in [2.75, 3.05) is 7.11 Å². The Bertz CT molecular complexity index is 256. The second-order valence-electron chi connectivity index (χ2n) is 5.02. The minimum absolute atomic E-state index is 0. The zero-order valence-electron chi connectivity index (χ0n) is 14.2. The molecule has 120 valence electrons. The maximum absolute atomic E-state index is 5.54. The molecule has 2 atom stereocenters. The predicted octanol–water partition coefficient (Wildman–Crippen LogP) is 5.09. The van der Waals surface area contributed by atoms with Gasteiger partial charge in [-0.1, -0.05) is 83.6 Å². The summed E-state index contributed by atoms with van der Waals surface area (Å²) < 4.78 is 5.54. The lowest BCUT2D eigenvalue weighted by atomic mass is 9.88. The minimum atomic E-state index is 0. The van der Waals surface area contributed by atoms with E-state index in [4.69, 9.17) is 4.74 Å². The zero-order valence-corrected chi connectivity index (χ0v) is 14.2. The molecule has 0 heterocycles. The average molecular weight is 284 g/mol. The van der Waals surface area contributed by atoms with Gasteiger partial charge < -0.3 is 10.2 Å². The van der Waals surface area contributed by atoms with Gasteiger partial charge in [0.25, 0.3) is 0 Å². The van der Waals surface area contributed by atoms with E-state index in [1.165, 1.54) is 44.1 Å². The third kappa shape index (κ3) is 8.55. The SMILES string of the molecule is CC.CCCCCCC[C@@H]1C=C(CC)C=CC1OC.O. The average Bonchev–Trinajstić information content (AvgIpc) is 2.49. The first-order valence-corrected chi connectivity index (χ1v) is 8.23. The van der Waals surface area contributed by atoms with Crippen LogP contribution in [0.15, 0.2) is 23.8 Å². The molecular weight excluding hydrogens is 248 g/mol. The first-order valence-electron chi connectivity index (χ1n) is 8.23. The van der Waals surface area contributed by atoms with E-state index in [-0.39, 0.29) is 5.48 Å². The number of allylic oxidation sites excluding steroid dienone is 2. The highest BCUT2D eigenvalue weighted by Gasteiger charge is 2.19. The van der Waals surface area contributed by atoms with E-state index < -0.39 is 0 Å². The first-order chi connectivity index (χ1) is 9.31. The predicted molar refractivity (Wildman–Crippen MR) is 90.1 cm³/mol. The van der Waals surface area contributed by atoms with Crippen molar-refractivity contribution in [2.45, 2.75) is 78.7 Å². The van der Waals surface area contributed by atoms with Crippen molar-refractivity contribution in [2.24, 2.45) is 5.92 Å². The molecule has 2 N–H and O–H groups in total. The van der Waals surface area contributed by atoms with Gasteiger partial charge in [0.05, 0.1) is 6.10 Å². The van der Waals surface area contributed by atoms with E-state index in [1.807, 2.05) is 21.0 Å². The third-order valence-corrected chi connectivity index (χ3v) is 3.67. The van der Waals surface area contributed by atoms with Crippen LogP contribution in [0.4, 0.5) is 0 Å². The molecule has 0 aromatic rings. The number of unbranched alkanes of at least 4 members (excludes halogenated alkanes) is 4. The summed E-state index contributed by atoms with van der Waals surface area (Å²) in [6.07, 6.45) is 16.4. The number of hydrogen-bond acceptors (Lipinski definition) is 1. The molecule has 0 aromatic heterocycles. The van der Waals surface area contributed by atoms with Gasteiger partial charge in [-0.25, -0.2) is 0 Å². The summed E-state index contributed by atoms with van der Waals surface area (Å²) in [5.41, 5.74) is 1.47. The van der Waals surface area contributed by atoms with Crippen LogP contribution in [0.2, 0.25) is 0 Å². The zero-order chi connectivity index (χ0) is 14.5. The summed E-state index contributed by atoms with van der Waals surface area (Å²) in [5, 5.41) is 0. The van der Waals surface area contributed by atoms with Crippen LogP contribution in [0, 0.1) is 5.92 Å². The van der Waals surface area contributed by atoms with Gasteiger partial charge in [-0.3, -0.25) is 0 Å². The van der Waals surface area contributed by atoms with E-state index in [2.05, 4.69) is 32.1 Å². The summed E-state index contributed by atoms with van der Waals surface area (Å²) in [6, 6.07) is 0. The molecule has 0 amide bonds. The van der Waals surface area contributed by atoms with Crippen LogP contribution in [0.5, 0.6) is 0 Å². The quantitative estimate of drug-likeness (QED) is 0.573. The van der Waals surface area contributed by atoms with E-state index in [9.17, 15) is 0 Å². The van der Waals surface area contributed by atoms with Crippen molar-refractivity contribution >= 4 is 0 Å². The largest absolute Gasteiger partial charge is 0.412 e. The van der Waals surface area contributed by atoms with Gasteiger partial charge >= 0.3 is 0 Å². The van der Waals surface area contributed by atoms with Crippen LogP contribution < -0.4 is 0 Å². The lowest BCUT2D eigenvalue weighted by molar-refractivity contribution is 0.101. The van der Waals surface area contributed by atoms with Gasteiger partial charge in [0, 0.05) is 13.0 Å². The smallest absolute Gasteiger partial charge is 0.0817 e. The molecule has 0 aromatic carbocycles. The van der Waals surface area contributed by atoms with Crippen LogP contribution in [0.3, 0.4) is 0 Å². The molecule has 1 aliphatic rings. The van der Waals surface area contributed by atoms with E-state index in [1.54, 1.807) is 0 Å². The van der Waals surface area contributed by atoms with Crippen LogP contribution in [0.25, 0.3) is 0 Å². The van der Waals surface area contributed by atoms with Gasteiger partial charge in [0.1, 0.15) is 0 Å².